The molecule has 9 heteroatoms. The molecule has 9 nitrogen and oxygen atoms in total. The van der Waals surface area contributed by atoms with Crippen LogP contribution >= 0.6 is 0 Å². The normalized spacial score (nSPS) is 11.8. The molecular weight excluding hydrogens is 394 g/mol. The highest BCUT2D eigenvalue weighted by Gasteiger charge is 2.20. The van der Waals surface area contributed by atoms with Gasteiger partial charge in [-0.05, 0) is 72.7 Å². The van der Waals surface area contributed by atoms with Gasteiger partial charge >= 0.3 is 6.09 Å². The zero-order valence-electron chi connectivity index (χ0n) is 19.0. The van der Waals surface area contributed by atoms with E-state index in [0.29, 0.717) is 23.2 Å². The van der Waals surface area contributed by atoms with Crippen molar-refractivity contribution in [1.29, 1.82) is 0 Å². The van der Waals surface area contributed by atoms with Gasteiger partial charge in [0.05, 0.1) is 23.8 Å². The number of aryl methyl sites for hydroxylation is 1. The smallest absolute Gasteiger partial charge is 0.412 e. The molecular formula is C22H29N7O2. The Hall–Kier alpha value is -3.49. The molecule has 0 fully saturated rings. The molecule has 1 amide bonds. The van der Waals surface area contributed by atoms with Crippen LogP contribution in [0, 0.1) is 6.92 Å². The van der Waals surface area contributed by atoms with E-state index in [1.807, 2.05) is 60.6 Å². The minimum atomic E-state index is -0.577. The lowest BCUT2D eigenvalue weighted by atomic mass is 10.1. The fourth-order valence-corrected chi connectivity index (χ4v) is 2.65. The van der Waals surface area contributed by atoms with Crippen LogP contribution in [0.5, 0.6) is 0 Å². The van der Waals surface area contributed by atoms with E-state index in [9.17, 15) is 4.79 Å². The van der Waals surface area contributed by atoms with E-state index in [0.717, 1.165) is 11.4 Å². The summed E-state index contributed by atoms with van der Waals surface area (Å²) in [5.41, 5.74) is 2.02. The van der Waals surface area contributed by atoms with Crippen LogP contribution in [-0.4, -0.2) is 42.0 Å². The molecule has 3 heterocycles. The predicted molar refractivity (Wildman–Crippen MR) is 120 cm³/mol. The predicted octanol–water partition coefficient (Wildman–Crippen LogP) is 4.59. The van der Waals surface area contributed by atoms with Gasteiger partial charge in [-0.15, -0.1) is 5.10 Å². The summed E-state index contributed by atoms with van der Waals surface area (Å²) in [6, 6.07) is 7.37. The summed E-state index contributed by atoms with van der Waals surface area (Å²) < 4.78 is 6.97. The number of aromatic nitrogens is 5. The zero-order chi connectivity index (χ0) is 22.8. The molecule has 3 aromatic rings. The van der Waals surface area contributed by atoms with Gasteiger partial charge < -0.3 is 10.1 Å². The van der Waals surface area contributed by atoms with Crippen LogP contribution in [0.2, 0.25) is 0 Å². The number of nitrogens with zero attached hydrogens (tertiary/aromatic N) is 5. The summed E-state index contributed by atoms with van der Waals surface area (Å²) in [6.07, 6.45) is 2.77. The number of hydrogen-bond donors (Lipinski definition) is 2. The zero-order valence-corrected chi connectivity index (χ0v) is 19.0. The molecule has 0 saturated heterocycles. The lowest BCUT2D eigenvalue weighted by Gasteiger charge is -2.19. The van der Waals surface area contributed by atoms with Gasteiger partial charge in [0.25, 0.3) is 0 Å². The number of hydrogen-bond acceptors (Lipinski definition) is 7. The molecule has 2 N–H and O–H groups in total. The SMILES string of the molecule is Cc1ccc(-n2nc(NC(C)(C)C)nc2-c2ccc(NC(=O)OC(C)(C)C)cn2)cn1. The van der Waals surface area contributed by atoms with E-state index in [4.69, 9.17) is 4.74 Å². The largest absolute Gasteiger partial charge is 0.444 e. The molecule has 0 aliphatic rings. The molecule has 3 rings (SSSR count). The number of anilines is 2. The van der Waals surface area contributed by atoms with E-state index in [-0.39, 0.29) is 5.54 Å². The average Bonchev–Trinajstić information content (AvgIpc) is 3.03. The third-order valence-corrected chi connectivity index (χ3v) is 3.87. The number of pyridine rings is 2. The second-order valence-corrected chi connectivity index (χ2v) is 9.26. The van der Waals surface area contributed by atoms with E-state index in [1.54, 1.807) is 29.2 Å². The van der Waals surface area contributed by atoms with Crippen molar-refractivity contribution >= 4 is 17.7 Å². The standard InChI is InChI=1S/C22H29N7O2/c1-14-8-10-16(13-23-14)29-18(26-19(28-29)27-21(2,3)4)17-11-9-15(12-24-17)25-20(30)31-22(5,6)7/h8-13H,1-7H3,(H,25,30)(H,27,28). The molecule has 3 aromatic heterocycles. The average molecular weight is 424 g/mol. The van der Waals surface area contributed by atoms with Gasteiger partial charge in [0.1, 0.15) is 11.3 Å². The van der Waals surface area contributed by atoms with Gasteiger partial charge in [0, 0.05) is 11.2 Å². The fraction of sp³-hybridized carbons (Fsp3) is 0.409. The summed E-state index contributed by atoms with van der Waals surface area (Å²) in [7, 11) is 0. The molecule has 0 radical (unpaired) electrons. The quantitative estimate of drug-likeness (QED) is 0.632. The Morgan fingerprint density at radius 3 is 2.29 bits per heavy atom. The highest BCUT2D eigenvalue weighted by atomic mass is 16.6. The third-order valence-electron chi connectivity index (χ3n) is 3.87. The number of carbonyl (C=O) groups excluding carboxylic acids is 1. The lowest BCUT2D eigenvalue weighted by Crippen LogP contribution is -2.27. The van der Waals surface area contributed by atoms with Gasteiger partial charge in [-0.25, -0.2) is 9.48 Å². The molecule has 0 unspecified atom stereocenters. The minimum Gasteiger partial charge on any atom is -0.444 e. The molecule has 0 atom stereocenters. The molecule has 0 spiro atoms. The van der Waals surface area contributed by atoms with Crippen LogP contribution in [0.4, 0.5) is 16.4 Å². The van der Waals surface area contributed by atoms with Crippen molar-refractivity contribution in [2.45, 2.75) is 59.6 Å². The number of carbonyl (C=O) groups is 1. The first-order valence-electron chi connectivity index (χ1n) is 10.0. The number of rotatable bonds is 4. The van der Waals surface area contributed by atoms with Crippen molar-refractivity contribution in [3.05, 3.63) is 42.4 Å². The van der Waals surface area contributed by atoms with Crippen LogP contribution < -0.4 is 10.6 Å². The highest BCUT2D eigenvalue weighted by Crippen LogP contribution is 2.23. The molecule has 31 heavy (non-hydrogen) atoms. The van der Waals surface area contributed by atoms with Gasteiger partial charge in [0.2, 0.25) is 5.95 Å². The topological polar surface area (TPSA) is 107 Å². The maximum Gasteiger partial charge on any atom is 0.412 e. The molecule has 0 aromatic carbocycles. The van der Waals surface area contributed by atoms with Crippen LogP contribution in [0.3, 0.4) is 0 Å². The summed E-state index contributed by atoms with van der Waals surface area (Å²) >= 11 is 0. The minimum absolute atomic E-state index is 0.205. The van der Waals surface area contributed by atoms with Crippen LogP contribution in [0.25, 0.3) is 17.2 Å². The second-order valence-electron chi connectivity index (χ2n) is 9.26. The summed E-state index contributed by atoms with van der Waals surface area (Å²) in [6.45, 7) is 13.5. The second kappa shape index (κ2) is 8.33. The Labute approximate surface area is 182 Å². The maximum absolute atomic E-state index is 12.0. The molecule has 164 valence electrons. The number of ether oxygens (including phenoxy) is 1. The van der Waals surface area contributed by atoms with Gasteiger partial charge in [-0.2, -0.15) is 4.98 Å². The van der Waals surface area contributed by atoms with Crippen molar-refractivity contribution in [2.75, 3.05) is 10.6 Å². The number of amides is 1. The van der Waals surface area contributed by atoms with E-state index >= 15 is 0 Å². The molecule has 0 aliphatic heterocycles. The molecule has 0 bridgehead atoms. The van der Waals surface area contributed by atoms with E-state index in [2.05, 4.69) is 30.7 Å². The molecule has 0 saturated carbocycles. The summed E-state index contributed by atoms with van der Waals surface area (Å²) in [4.78, 5) is 25.5. The van der Waals surface area contributed by atoms with Gasteiger partial charge in [0.15, 0.2) is 5.82 Å². The van der Waals surface area contributed by atoms with E-state index in [1.165, 1.54) is 0 Å². The maximum atomic E-state index is 12.0. The van der Waals surface area contributed by atoms with Crippen molar-refractivity contribution in [2.24, 2.45) is 0 Å². The van der Waals surface area contributed by atoms with Crippen molar-refractivity contribution in [1.82, 2.24) is 24.7 Å². The van der Waals surface area contributed by atoms with Crippen LogP contribution in [0.1, 0.15) is 47.2 Å². The van der Waals surface area contributed by atoms with Crippen molar-refractivity contribution in [3.63, 3.8) is 0 Å². The Morgan fingerprint density at radius 1 is 1.00 bits per heavy atom. The van der Waals surface area contributed by atoms with Crippen LogP contribution in [-0.2, 0) is 4.74 Å². The summed E-state index contributed by atoms with van der Waals surface area (Å²) in [5.74, 6) is 1.04. The highest BCUT2D eigenvalue weighted by molar-refractivity contribution is 5.84. The third kappa shape index (κ3) is 6.24. The first kappa shape index (κ1) is 22.2. The van der Waals surface area contributed by atoms with Gasteiger partial charge in [-0.1, -0.05) is 0 Å². The Kier molecular flexibility index (Phi) is 5.97. The van der Waals surface area contributed by atoms with Crippen LogP contribution in [0.15, 0.2) is 36.7 Å². The fourth-order valence-electron chi connectivity index (χ4n) is 2.65. The Balaban J connectivity index is 1.91. The van der Waals surface area contributed by atoms with Gasteiger partial charge in [-0.3, -0.25) is 15.3 Å². The van der Waals surface area contributed by atoms with Crippen molar-refractivity contribution < 1.29 is 9.53 Å². The molecule has 0 aliphatic carbocycles. The first-order chi connectivity index (χ1) is 14.4. The monoisotopic (exact) mass is 423 g/mol. The van der Waals surface area contributed by atoms with Crippen molar-refractivity contribution in [3.8, 4) is 17.2 Å². The lowest BCUT2D eigenvalue weighted by molar-refractivity contribution is 0.0636. The van der Waals surface area contributed by atoms with E-state index < -0.39 is 11.7 Å². The Morgan fingerprint density at radius 2 is 1.74 bits per heavy atom. The summed E-state index contributed by atoms with van der Waals surface area (Å²) in [5, 5.41) is 10.6. The Bertz CT molecular complexity index is 1040. The number of nitrogens with one attached hydrogen (secondary N) is 2. The first-order valence-corrected chi connectivity index (χ1v) is 10.0.